The van der Waals surface area contributed by atoms with Crippen LogP contribution < -0.4 is 5.32 Å². The van der Waals surface area contributed by atoms with Gasteiger partial charge in [0.1, 0.15) is 0 Å². The smallest absolute Gasteiger partial charge is 0.317 e. The molecule has 7 heteroatoms. The van der Waals surface area contributed by atoms with E-state index in [1.807, 2.05) is 0 Å². The lowest BCUT2D eigenvalue weighted by atomic mass is 9.80. The molecule has 0 aromatic carbocycles. The number of aliphatic carboxylic acids is 1. The number of carboxylic acids is 1. The molecule has 2 rings (SSSR count). The summed E-state index contributed by atoms with van der Waals surface area (Å²) in [5.41, 5.74) is -0.815. The molecule has 21 heavy (non-hydrogen) atoms. The van der Waals surface area contributed by atoms with E-state index in [-0.39, 0.29) is 12.6 Å². The van der Waals surface area contributed by atoms with Crippen molar-refractivity contribution in [2.45, 2.75) is 38.5 Å². The molecular formula is C14H24N2O4S. The number of nitrogens with zero attached hydrogens (tertiary/aromatic N) is 1. The molecule has 0 aromatic rings. The van der Waals surface area contributed by atoms with E-state index in [1.54, 1.807) is 4.90 Å². The zero-order chi connectivity index (χ0) is 15.3. The highest BCUT2D eigenvalue weighted by molar-refractivity contribution is 7.85. The number of nitrogens with one attached hydrogen (secondary N) is 1. The second-order valence-electron chi connectivity index (χ2n) is 5.99. The summed E-state index contributed by atoms with van der Waals surface area (Å²) in [6.45, 7) is 1.16. The van der Waals surface area contributed by atoms with Gasteiger partial charge in [-0.3, -0.25) is 9.00 Å². The van der Waals surface area contributed by atoms with E-state index in [0.29, 0.717) is 37.4 Å². The lowest BCUT2D eigenvalue weighted by Crippen LogP contribution is -2.50. The van der Waals surface area contributed by atoms with Crippen LogP contribution in [0.3, 0.4) is 0 Å². The van der Waals surface area contributed by atoms with Crippen LogP contribution in [0, 0.1) is 5.41 Å². The Balaban J connectivity index is 1.90. The van der Waals surface area contributed by atoms with E-state index in [0.717, 1.165) is 25.7 Å². The first-order valence-corrected chi connectivity index (χ1v) is 9.13. The minimum absolute atomic E-state index is 0.195. The fraction of sp³-hybridized carbons (Fsp3) is 0.857. The van der Waals surface area contributed by atoms with E-state index >= 15 is 0 Å². The first kappa shape index (κ1) is 16.3. The molecule has 2 fully saturated rings. The van der Waals surface area contributed by atoms with Crippen molar-refractivity contribution < 1.29 is 18.9 Å². The highest BCUT2D eigenvalue weighted by Gasteiger charge is 2.39. The maximum Gasteiger partial charge on any atom is 0.317 e. The van der Waals surface area contributed by atoms with Crippen LogP contribution in [0.4, 0.5) is 4.79 Å². The third-order valence-corrected chi connectivity index (χ3v) is 5.83. The van der Waals surface area contributed by atoms with Crippen molar-refractivity contribution in [1.82, 2.24) is 10.2 Å². The van der Waals surface area contributed by atoms with Crippen molar-refractivity contribution in [3.63, 3.8) is 0 Å². The Morgan fingerprint density at radius 2 is 1.67 bits per heavy atom. The number of amides is 2. The van der Waals surface area contributed by atoms with Crippen molar-refractivity contribution in [3.05, 3.63) is 0 Å². The Hall–Kier alpha value is -1.11. The van der Waals surface area contributed by atoms with Gasteiger partial charge in [0.2, 0.25) is 0 Å². The van der Waals surface area contributed by atoms with Gasteiger partial charge in [-0.2, -0.15) is 0 Å². The standard InChI is InChI=1S/C14H24N2O4S/c17-12(18)14(5-3-1-2-4-6-14)11-15-13(19)16-7-9-21(20)10-8-16/h1-11H2,(H,15,19)(H,17,18). The molecule has 0 spiro atoms. The van der Waals surface area contributed by atoms with E-state index < -0.39 is 22.2 Å². The first-order chi connectivity index (χ1) is 10.0. The molecule has 0 radical (unpaired) electrons. The van der Waals surface area contributed by atoms with Crippen molar-refractivity contribution in [2.24, 2.45) is 5.41 Å². The third kappa shape index (κ3) is 4.18. The largest absolute Gasteiger partial charge is 0.481 e. The van der Waals surface area contributed by atoms with Crippen LogP contribution in [0.5, 0.6) is 0 Å². The number of rotatable bonds is 3. The zero-order valence-corrected chi connectivity index (χ0v) is 13.1. The maximum absolute atomic E-state index is 12.1. The van der Waals surface area contributed by atoms with Gasteiger partial charge < -0.3 is 15.3 Å². The Morgan fingerprint density at radius 3 is 2.19 bits per heavy atom. The van der Waals surface area contributed by atoms with Crippen LogP contribution in [-0.4, -0.2) is 57.4 Å². The summed E-state index contributed by atoms with van der Waals surface area (Å²) in [5, 5.41) is 12.4. The SMILES string of the molecule is O=C(NCC1(C(=O)O)CCCCCC1)N1CCS(=O)CC1. The van der Waals surface area contributed by atoms with Crippen LogP contribution in [0.15, 0.2) is 0 Å². The van der Waals surface area contributed by atoms with Gasteiger partial charge in [0.05, 0.1) is 5.41 Å². The summed E-state index contributed by atoms with van der Waals surface area (Å²) in [7, 11) is -0.819. The predicted octanol–water partition coefficient (Wildman–Crippen LogP) is 1.19. The lowest BCUT2D eigenvalue weighted by molar-refractivity contribution is -0.149. The summed E-state index contributed by atoms with van der Waals surface area (Å²) >= 11 is 0. The molecule has 2 amide bonds. The molecule has 0 unspecified atom stereocenters. The van der Waals surface area contributed by atoms with Crippen LogP contribution in [-0.2, 0) is 15.6 Å². The van der Waals surface area contributed by atoms with Crippen molar-refractivity contribution >= 4 is 22.8 Å². The second kappa shape index (κ2) is 7.24. The molecule has 2 aliphatic rings. The van der Waals surface area contributed by atoms with E-state index in [2.05, 4.69) is 5.32 Å². The molecule has 0 atom stereocenters. The fourth-order valence-electron chi connectivity index (χ4n) is 3.07. The number of urea groups is 1. The Bertz CT molecular complexity index is 409. The lowest BCUT2D eigenvalue weighted by Gasteiger charge is -2.31. The normalized spacial score (nSPS) is 23.3. The predicted molar refractivity (Wildman–Crippen MR) is 80.6 cm³/mol. The molecule has 2 N–H and O–H groups in total. The molecular weight excluding hydrogens is 292 g/mol. The van der Waals surface area contributed by atoms with Gasteiger partial charge in [-0.1, -0.05) is 25.7 Å². The van der Waals surface area contributed by atoms with Gasteiger partial charge in [0, 0.05) is 41.9 Å². The van der Waals surface area contributed by atoms with E-state index in [1.165, 1.54) is 0 Å². The molecule has 1 aliphatic heterocycles. The van der Waals surface area contributed by atoms with E-state index in [4.69, 9.17) is 0 Å². The fourth-order valence-corrected chi connectivity index (χ4v) is 4.12. The van der Waals surface area contributed by atoms with Crippen LogP contribution in [0.2, 0.25) is 0 Å². The zero-order valence-electron chi connectivity index (χ0n) is 12.3. The highest BCUT2D eigenvalue weighted by Crippen LogP contribution is 2.34. The summed E-state index contributed by atoms with van der Waals surface area (Å²) in [5.74, 6) is 0.221. The van der Waals surface area contributed by atoms with Crippen molar-refractivity contribution in [1.29, 1.82) is 0 Å². The topological polar surface area (TPSA) is 86.7 Å². The second-order valence-corrected chi connectivity index (χ2v) is 7.69. The third-order valence-electron chi connectivity index (χ3n) is 4.56. The number of carboxylic acid groups (broad SMARTS) is 1. The van der Waals surface area contributed by atoms with Gasteiger partial charge >= 0.3 is 12.0 Å². The van der Waals surface area contributed by atoms with Gasteiger partial charge in [0.15, 0.2) is 0 Å². The number of hydrogen-bond donors (Lipinski definition) is 2. The summed E-state index contributed by atoms with van der Waals surface area (Å²) < 4.78 is 11.3. The van der Waals surface area contributed by atoms with Gasteiger partial charge in [-0.15, -0.1) is 0 Å². The first-order valence-electron chi connectivity index (χ1n) is 7.65. The van der Waals surface area contributed by atoms with Crippen molar-refractivity contribution in [2.75, 3.05) is 31.1 Å². The summed E-state index contributed by atoms with van der Waals surface area (Å²) in [4.78, 5) is 25.4. The Labute approximate surface area is 127 Å². The maximum atomic E-state index is 12.1. The van der Waals surface area contributed by atoms with Gasteiger partial charge in [-0.05, 0) is 12.8 Å². The minimum atomic E-state index is -0.819. The highest BCUT2D eigenvalue weighted by atomic mass is 32.2. The van der Waals surface area contributed by atoms with Crippen LogP contribution in [0.25, 0.3) is 0 Å². The summed E-state index contributed by atoms with van der Waals surface area (Å²) in [6.07, 6.45) is 5.22. The molecule has 120 valence electrons. The number of carbonyl (C=O) groups excluding carboxylic acids is 1. The van der Waals surface area contributed by atoms with Crippen LogP contribution >= 0.6 is 0 Å². The molecule has 1 saturated carbocycles. The monoisotopic (exact) mass is 316 g/mol. The molecule has 1 saturated heterocycles. The Kier molecular flexibility index (Phi) is 5.61. The molecule has 0 aromatic heterocycles. The van der Waals surface area contributed by atoms with Crippen LogP contribution in [0.1, 0.15) is 38.5 Å². The van der Waals surface area contributed by atoms with Gasteiger partial charge in [0.25, 0.3) is 0 Å². The molecule has 1 aliphatic carbocycles. The average Bonchev–Trinajstić information content (AvgIpc) is 2.72. The average molecular weight is 316 g/mol. The molecule has 0 bridgehead atoms. The molecule has 6 nitrogen and oxygen atoms in total. The summed E-state index contributed by atoms with van der Waals surface area (Å²) in [6, 6.07) is -0.225. The number of carbonyl (C=O) groups is 2. The van der Waals surface area contributed by atoms with E-state index in [9.17, 15) is 18.9 Å². The Morgan fingerprint density at radius 1 is 1.10 bits per heavy atom. The quantitative estimate of drug-likeness (QED) is 0.766. The number of hydrogen-bond acceptors (Lipinski definition) is 3. The van der Waals surface area contributed by atoms with Gasteiger partial charge in [-0.25, -0.2) is 4.79 Å². The molecule has 1 heterocycles. The van der Waals surface area contributed by atoms with Crippen molar-refractivity contribution in [3.8, 4) is 0 Å². The minimum Gasteiger partial charge on any atom is -0.481 e.